The van der Waals surface area contributed by atoms with Crippen LogP contribution in [-0.2, 0) is 0 Å². The molecule has 0 saturated carbocycles. The lowest BCUT2D eigenvalue weighted by molar-refractivity contribution is 0.208. The summed E-state index contributed by atoms with van der Waals surface area (Å²) in [6.07, 6.45) is 4.00. The second kappa shape index (κ2) is 6.52. The van der Waals surface area contributed by atoms with Gasteiger partial charge < -0.3 is 15.3 Å². The smallest absolute Gasteiger partial charge is 0.134 e. The summed E-state index contributed by atoms with van der Waals surface area (Å²) in [5.41, 5.74) is 0. The molecule has 1 aromatic heterocycles. The van der Waals surface area contributed by atoms with Gasteiger partial charge in [0, 0.05) is 32.3 Å². The van der Waals surface area contributed by atoms with Gasteiger partial charge in [-0.05, 0) is 25.7 Å². The minimum Gasteiger partial charge on any atom is -0.396 e. The van der Waals surface area contributed by atoms with E-state index >= 15 is 0 Å². The van der Waals surface area contributed by atoms with Crippen LogP contribution in [0.4, 0.5) is 11.6 Å². The highest BCUT2D eigenvalue weighted by molar-refractivity contribution is 5.50. The van der Waals surface area contributed by atoms with Gasteiger partial charge in [-0.3, -0.25) is 0 Å². The van der Waals surface area contributed by atoms with E-state index < -0.39 is 0 Å². The molecule has 0 spiro atoms. The van der Waals surface area contributed by atoms with Crippen molar-refractivity contribution in [2.75, 3.05) is 36.5 Å². The van der Waals surface area contributed by atoms with E-state index in [1.807, 2.05) is 13.0 Å². The fourth-order valence-corrected chi connectivity index (χ4v) is 2.40. The standard InChI is InChI=1S/C14H22N4O/c1-3-6-15-13-8-14(17-11(2)16-13)18-7-4-5-12(9-18)10-19/h3,8,12,19H,1,4-7,9-10H2,2H3,(H,15,16,17). The first-order valence-electron chi connectivity index (χ1n) is 6.79. The molecular weight excluding hydrogens is 240 g/mol. The van der Waals surface area contributed by atoms with Crippen molar-refractivity contribution in [3.05, 3.63) is 24.5 Å². The first kappa shape index (κ1) is 13.8. The fourth-order valence-electron chi connectivity index (χ4n) is 2.40. The number of aryl methyl sites for hydroxylation is 1. The zero-order valence-corrected chi connectivity index (χ0v) is 11.5. The van der Waals surface area contributed by atoms with E-state index in [1.165, 1.54) is 0 Å². The molecule has 0 radical (unpaired) electrons. The lowest BCUT2D eigenvalue weighted by Gasteiger charge is -2.32. The molecule has 0 amide bonds. The molecule has 1 aliphatic heterocycles. The van der Waals surface area contributed by atoms with Crippen LogP contribution in [0.1, 0.15) is 18.7 Å². The highest BCUT2D eigenvalue weighted by Crippen LogP contribution is 2.23. The second-order valence-electron chi connectivity index (χ2n) is 4.97. The Morgan fingerprint density at radius 1 is 1.58 bits per heavy atom. The van der Waals surface area contributed by atoms with Crippen LogP contribution < -0.4 is 10.2 Å². The Morgan fingerprint density at radius 2 is 2.42 bits per heavy atom. The van der Waals surface area contributed by atoms with Crippen LogP contribution in [0.2, 0.25) is 0 Å². The van der Waals surface area contributed by atoms with E-state index in [2.05, 4.69) is 26.8 Å². The monoisotopic (exact) mass is 262 g/mol. The molecule has 1 aromatic rings. The normalized spacial score (nSPS) is 19.3. The zero-order valence-electron chi connectivity index (χ0n) is 11.5. The molecule has 5 heteroatoms. The van der Waals surface area contributed by atoms with E-state index in [0.29, 0.717) is 12.5 Å². The first-order valence-corrected chi connectivity index (χ1v) is 6.79. The van der Waals surface area contributed by atoms with Crippen molar-refractivity contribution in [3.8, 4) is 0 Å². The Bertz CT molecular complexity index is 435. The van der Waals surface area contributed by atoms with E-state index in [4.69, 9.17) is 0 Å². The third kappa shape index (κ3) is 3.67. The number of hydrogen-bond acceptors (Lipinski definition) is 5. The minimum absolute atomic E-state index is 0.252. The van der Waals surface area contributed by atoms with Crippen LogP contribution in [0.5, 0.6) is 0 Å². The van der Waals surface area contributed by atoms with Gasteiger partial charge in [-0.25, -0.2) is 9.97 Å². The number of aromatic nitrogens is 2. The fraction of sp³-hybridized carbons (Fsp3) is 0.571. The maximum atomic E-state index is 9.30. The molecule has 2 heterocycles. The Hall–Kier alpha value is -1.62. The summed E-state index contributed by atoms with van der Waals surface area (Å²) in [4.78, 5) is 11.1. The summed E-state index contributed by atoms with van der Waals surface area (Å²) < 4.78 is 0. The topological polar surface area (TPSA) is 61.3 Å². The second-order valence-corrected chi connectivity index (χ2v) is 4.97. The molecule has 1 unspecified atom stereocenters. The summed E-state index contributed by atoms with van der Waals surface area (Å²) in [5.74, 6) is 2.88. The highest BCUT2D eigenvalue weighted by atomic mass is 16.3. The molecule has 2 rings (SSSR count). The third-order valence-corrected chi connectivity index (χ3v) is 3.35. The predicted octanol–water partition coefficient (Wildman–Crippen LogP) is 1.59. The Morgan fingerprint density at radius 3 is 3.16 bits per heavy atom. The van der Waals surface area contributed by atoms with Crippen molar-refractivity contribution < 1.29 is 5.11 Å². The molecule has 19 heavy (non-hydrogen) atoms. The van der Waals surface area contributed by atoms with Gasteiger partial charge in [-0.2, -0.15) is 0 Å². The van der Waals surface area contributed by atoms with Crippen LogP contribution in [0.3, 0.4) is 0 Å². The first-order chi connectivity index (χ1) is 9.22. The Kier molecular flexibility index (Phi) is 4.74. The van der Waals surface area contributed by atoms with E-state index in [-0.39, 0.29) is 6.61 Å². The average molecular weight is 262 g/mol. The molecule has 5 nitrogen and oxygen atoms in total. The third-order valence-electron chi connectivity index (χ3n) is 3.35. The Balaban J connectivity index is 2.14. The highest BCUT2D eigenvalue weighted by Gasteiger charge is 2.20. The lowest BCUT2D eigenvalue weighted by Crippen LogP contribution is -2.37. The number of piperidine rings is 1. The molecule has 1 saturated heterocycles. The maximum Gasteiger partial charge on any atom is 0.134 e. The van der Waals surface area contributed by atoms with Crippen molar-refractivity contribution in [2.24, 2.45) is 5.92 Å². The quantitative estimate of drug-likeness (QED) is 0.789. The minimum atomic E-state index is 0.252. The van der Waals surface area contributed by atoms with Crippen LogP contribution in [0.25, 0.3) is 0 Å². The number of rotatable bonds is 5. The molecule has 0 aromatic carbocycles. The summed E-state index contributed by atoms with van der Waals surface area (Å²) in [6.45, 7) is 8.39. The largest absolute Gasteiger partial charge is 0.396 e. The summed E-state index contributed by atoms with van der Waals surface area (Å²) in [6, 6.07) is 1.97. The molecule has 1 aliphatic rings. The number of nitrogens with one attached hydrogen (secondary N) is 1. The van der Waals surface area contributed by atoms with Crippen LogP contribution >= 0.6 is 0 Å². The van der Waals surface area contributed by atoms with Crippen LogP contribution in [0, 0.1) is 12.8 Å². The summed E-state index contributed by atoms with van der Waals surface area (Å²) in [7, 11) is 0. The van der Waals surface area contributed by atoms with Gasteiger partial charge in [0.05, 0.1) is 0 Å². The number of nitrogens with zero attached hydrogens (tertiary/aromatic N) is 3. The lowest BCUT2D eigenvalue weighted by atomic mass is 9.99. The van der Waals surface area contributed by atoms with Gasteiger partial charge in [0.1, 0.15) is 17.5 Å². The molecular formula is C14H22N4O. The van der Waals surface area contributed by atoms with Gasteiger partial charge in [0.15, 0.2) is 0 Å². The number of aliphatic hydroxyl groups excluding tert-OH is 1. The summed E-state index contributed by atoms with van der Waals surface area (Å²) >= 11 is 0. The van der Waals surface area contributed by atoms with Crippen molar-refractivity contribution in [3.63, 3.8) is 0 Å². The molecule has 1 atom stereocenters. The van der Waals surface area contributed by atoms with Crippen molar-refractivity contribution in [1.29, 1.82) is 0 Å². The number of anilines is 2. The van der Waals surface area contributed by atoms with Gasteiger partial charge in [0.2, 0.25) is 0 Å². The van der Waals surface area contributed by atoms with E-state index in [9.17, 15) is 5.11 Å². The molecule has 0 aliphatic carbocycles. The van der Waals surface area contributed by atoms with Crippen molar-refractivity contribution >= 4 is 11.6 Å². The maximum absolute atomic E-state index is 9.30. The number of hydrogen-bond donors (Lipinski definition) is 2. The number of aliphatic hydroxyl groups is 1. The predicted molar refractivity (Wildman–Crippen MR) is 77.5 cm³/mol. The average Bonchev–Trinajstić information content (AvgIpc) is 2.44. The van der Waals surface area contributed by atoms with Crippen molar-refractivity contribution in [2.45, 2.75) is 19.8 Å². The van der Waals surface area contributed by atoms with E-state index in [0.717, 1.165) is 43.4 Å². The SMILES string of the molecule is C=CCNc1cc(N2CCCC(CO)C2)nc(C)n1. The van der Waals surface area contributed by atoms with Gasteiger partial charge >= 0.3 is 0 Å². The molecule has 0 bridgehead atoms. The molecule has 2 N–H and O–H groups in total. The zero-order chi connectivity index (χ0) is 13.7. The molecule has 1 fully saturated rings. The van der Waals surface area contributed by atoms with Gasteiger partial charge in [-0.15, -0.1) is 6.58 Å². The van der Waals surface area contributed by atoms with Gasteiger partial charge in [-0.1, -0.05) is 6.08 Å². The van der Waals surface area contributed by atoms with Crippen LogP contribution in [-0.4, -0.2) is 41.3 Å². The van der Waals surface area contributed by atoms with Crippen LogP contribution in [0.15, 0.2) is 18.7 Å². The molecule has 104 valence electrons. The van der Waals surface area contributed by atoms with Crippen molar-refractivity contribution in [1.82, 2.24) is 9.97 Å². The van der Waals surface area contributed by atoms with E-state index in [1.54, 1.807) is 6.08 Å². The summed E-state index contributed by atoms with van der Waals surface area (Å²) in [5, 5.41) is 12.5. The Labute approximate surface area is 114 Å². The van der Waals surface area contributed by atoms with Gasteiger partial charge in [0.25, 0.3) is 0 Å².